The quantitative estimate of drug-likeness (QED) is 0.0710. The molecule has 13 heteroatoms. The summed E-state index contributed by atoms with van der Waals surface area (Å²) in [5.74, 6) is -1.96. The van der Waals surface area contributed by atoms with Crippen LogP contribution in [0.3, 0.4) is 0 Å². The van der Waals surface area contributed by atoms with Crippen molar-refractivity contribution in [2.45, 2.75) is 113 Å². The lowest BCUT2D eigenvalue weighted by Crippen LogP contribution is -2.31. The lowest BCUT2D eigenvalue weighted by Gasteiger charge is -2.23. The molecule has 46 heavy (non-hydrogen) atoms. The summed E-state index contributed by atoms with van der Waals surface area (Å²) in [6, 6.07) is 7.12. The van der Waals surface area contributed by atoms with E-state index in [9.17, 15) is 32.3 Å². The van der Waals surface area contributed by atoms with Gasteiger partial charge in [-0.05, 0) is 83.4 Å². The van der Waals surface area contributed by atoms with Crippen molar-refractivity contribution < 1.29 is 51.8 Å². The van der Waals surface area contributed by atoms with Crippen LogP contribution in [0.15, 0.2) is 29.4 Å². The number of rotatable bonds is 13. The van der Waals surface area contributed by atoms with Gasteiger partial charge in [0.05, 0.1) is 28.6 Å². The summed E-state index contributed by atoms with van der Waals surface area (Å²) in [7, 11) is 0. The molecule has 1 aromatic carbocycles. The lowest BCUT2D eigenvalue weighted by atomic mass is 9.82. The first-order valence-electron chi connectivity index (χ1n) is 15.2. The number of alkyl halides is 3. The number of benzene rings is 1. The fourth-order valence-corrected chi connectivity index (χ4v) is 2.61. The van der Waals surface area contributed by atoms with Gasteiger partial charge in [-0.3, -0.25) is 14.4 Å². The Bertz CT molecular complexity index is 1130. The van der Waals surface area contributed by atoms with Gasteiger partial charge in [-0.1, -0.05) is 58.8 Å². The Kier molecular flexibility index (Phi) is 19.8. The van der Waals surface area contributed by atoms with Gasteiger partial charge in [0.2, 0.25) is 0 Å². The molecule has 0 saturated heterocycles. The lowest BCUT2D eigenvalue weighted by molar-refractivity contribution is -0.192. The summed E-state index contributed by atoms with van der Waals surface area (Å²) in [5.41, 5.74) is 1.04. The zero-order valence-electron chi connectivity index (χ0n) is 29.1. The van der Waals surface area contributed by atoms with Crippen molar-refractivity contribution in [3.8, 4) is 0 Å². The average molecular weight is 663 g/mol. The first kappa shape index (κ1) is 44.5. The molecule has 10 nitrogen and oxygen atoms in total. The first-order chi connectivity index (χ1) is 21.0. The standard InChI is InChI=1S/C13H24N2O4.C12H16O2.C8H13F3O2/c1-6-10(3)15-19-12(17)14-8-9-18-11(16)13(4,5)7-2;1-4-12(2,3)10-7-5-9(6-8-10)11(13)14;1-4-7(2,3)6(12)13-5-8(9,10)11/h6-9H2,1-5H3,(H,14,17);5-8H,4H2,1-3H3,(H,13,14);4-5H2,1-3H3/b15-10-;;. The molecular formula is C33H53F3N2O8. The fraction of sp³-hybridized carbons (Fsp3) is 0.667. The average Bonchev–Trinajstić information content (AvgIpc) is 3.00. The van der Waals surface area contributed by atoms with Crippen molar-refractivity contribution >= 4 is 29.7 Å². The van der Waals surface area contributed by atoms with Gasteiger partial charge >= 0.3 is 30.2 Å². The molecular weight excluding hydrogens is 609 g/mol. The first-order valence-corrected chi connectivity index (χ1v) is 15.2. The van der Waals surface area contributed by atoms with Crippen molar-refractivity contribution in [3.63, 3.8) is 0 Å². The van der Waals surface area contributed by atoms with Crippen LogP contribution in [0.5, 0.6) is 0 Å². The fourth-order valence-electron chi connectivity index (χ4n) is 2.61. The van der Waals surface area contributed by atoms with Crippen LogP contribution in [0.1, 0.15) is 118 Å². The maximum absolute atomic E-state index is 11.6. The largest absolute Gasteiger partial charge is 0.478 e. The van der Waals surface area contributed by atoms with E-state index in [0.29, 0.717) is 18.4 Å². The van der Waals surface area contributed by atoms with Crippen molar-refractivity contribution in [1.29, 1.82) is 0 Å². The van der Waals surface area contributed by atoms with Crippen LogP contribution in [0.2, 0.25) is 0 Å². The molecule has 1 rings (SSSR count). The van der Waals surface area contributed by atoms with Crippen molar-refractivity contribution in [2.75, 3.05) is 19.8 Å². The predicted molar refractivity (Wildman–Crippen MR) is 171 cm³/mol. The summed E-state index contributed by atoms with van der Waals surface area (Å²) in [5, 5.41) is 14.8. The number of nitrogens with zero attached hydrogens (tertiary/aromatic N) is 1. The zero-order chi connectivity index (χ0) is 36.4. The maximum atomic E-state index is 11.6. The van der Waals surface area contributed by atoms with Gasteiger partial charge in [-0.15, -0.1) is 0 Å². The summed E-state index contributed by atoms with van der Waals surface area (Å²) in [6.07, 6.45) is -2.19. The van der Waals surface area contributed by atoms with E-state index in [2.05, 4.69) is 40.8 Å². The molecule has 1 amide bonds. The van der Waals surface area contributed by atoms with Crippen LogP contribution < -0.4 is 5.32 Å². The number of carboxylic acid groups (broad SMARTS) is 1. The molecule has 0 unspecified atom stereocenters. The highest BCUT2D eigenvalue weighted by molar-refractivity contribution is 5.87. The van der Waals surface area contributed by atoms with Crippen LogP contribution in [0, 0.1) is 10.8 Å². The number of ether oxygens (including phenoxy) is 2. The highest BCUT2D eigenvalue weighted by Crippen LogP contribution is 2.27. The SMILES string of the molecule is CC/C(C)=N\OC(=O)NCCOC(=O)C(C)(C)CC.CCC(C)(C)C(=O)OCC(F)(F)F.CCC(C)(C)c1ccc(C(=O)O)cc1. The van der Waals surface area contributed by atoms with Crippen molar-refractivity contribution in [1.82, 2.24) is 5.32 Å². The topological polar surface area (TPSA) is 141 Å². The molecule has 0 fully saturated rings. The Hall–Kier alpha value is -3.64. The molecule has 2 N–H and O–H groups in total. The minimum absolute atomic E-state index is 0.119. The van der Waals surface area contributed by atoms with E-state index in [4.69, 9.17) is 9.84 Å². The Labute approximate surface area is 271 Å². The van der Waals surface area contributed by atoms with Crippen LogP contribution in [0.4, 0.5) is 18.0 Å². The Balaban J connectivity index is 0. The van der Waals surface area contributed by atoms with E-state index in [0.717, 1.165) is 18.6 Å². The molecule has 264 valence electrons. The number of halogens is 3. The summed E-state index contributed by atoms with van der Waals surface area (Å²) in [4.78, 5) is 49.0. The van der Waals surface area contributed by atoms with Crippen LogP contribution in [-0.2, 0) is 29.3 Å². The van der Waals surface area contributed by atoms with Crippen LogP contribution >= 0.6 is 0 Å². The van der Waals surface area contributed by atoms with Crippen LogP contribution in [-0.4, -0.2) is 60.8 Å². The molecule has 0 saturated carbocycles. The highest BCUT2D eigenvalue weighted by atomic mass is 19.4. The molecule has 0 atom stereocenters. The second-order valence-electron chi connectivity index (χ2n) is 12.4. The molecule has 0 radical (unpaired) electrons. The monoisotopic (exact) mass is 662 g/mol. The van der Waals surface area contributed by atoms with Gasteiger partial charge in [0, 0.05) is 0 Å². The molecule has 1 aromatic rings. The summed E-state index contributed by atoms with van der Waals surface area (Å²) >= 11 is 0. The number of carbonyl (C=O) groups is 4. The molecule has 0 heterocycles. The summed E-state index contributed by atoms with van der Waals surface area (Å²) < 4.78 is 44.0. The van der Waals surface area contributed by atoms with Gasteiger partial charge in [-0.2, -0.15) is 13.2 Å². The van der Waals surface area contributed by atoms with Gasteiger partial charge in [0.25, 0.3) is 0 Å². The van der Waals surface area contributed by atoms with E-state index in [1.165, 1.54) is 5.56 Å². The Morgan fingerprint density at radius 1 is 0.804 bits per heavy atom. The zero-order valence-corrected chi connectivity index (χ0v) is 29.1. The Morgan fingerprint density at radius 3 is 1.67 bits per heavy atom. The number of amides is 1. The van der Waals surface area contributed by atoms with Crippen molar-refractivity contribution in [2.24, 2.45) is 16.0 Å². The van der Waals surface area contributed by atoms with E-state index in [-0.39, 0.29) is 24.5 Å². The van der Waals surface area contributed by atoms with E-state index < -0.39 is 41.6 Å². The molecule has 0 aliphatic carbocycles. The third-order valence-electron chi connectivity index (χ3n) is 7.44. The van der Waals surface area contributed by atoms with Gasteiger partial charge in [0.1, 0.15) is 6.61 Å². The number of nitrogens with one attached hydrogen (secondary N) is 1. The molecule has 0 aliphatic heterocycles. The van der Waals surface area contributed by atoms with E-state index >= 15 is 0 Å². The van der Waals surface area contributed by atoms with Crippen LogP contribution in [0.25, 0.3) is 0 Å². The minimum atomic E-state index is -4.44. The molecule has 0 aromatic heterocycles. The predicted octanol–water partition coefficient (Wildman–Crippen LogP) is 8.08. The van der Waals surface area contributed by atoms with Gasteiger partial charge in [-0.25, -0.2) is 9.59 Å². The number of hydrogen-bond acceptors (Lipinski definition) is 8. The number of oxime groups is 1. The molecule has 0 bridgehead atoms. The third-order valence-corrected chi connectivity index (χ3v) is 7.44. The number of hydrogen-bond donors (Lipinski definition) is 2. The van der Waals surface area contributed by atoms with E-state index in [1.54, 1.807) is 39.8 Å². The van der Waals surface area contributed by atoms with Crippen molar-refractivity contribution in [3.05, 3.63) is 35.4 Å². The maximum Gasteiger partial charge on any atom is 0.433 e. The minimum Gasteiger partial charge on any atom is -0.478 e. The van der Waals surface area contributed by atoms with Gasteiger partial charge < -0.3 is 19.9 Å². The smallest absolute Gasteiger partial charge is 0.433 e. The summed E-state index contributed by atoms with van der Waals surface area (Å²) in [6.45, 7) is 19.3. The normalized spacial score (nSPS) is 12.0. The number of aromatic carboxylic acids is 1. The number of esters is 2. The molecule has 0 aliphatic rings. The molecule has 0 spiro atoms. The highest BCUT2D eigenvalue weighted by Gasteiger charge is 2.34. The van der Waals surface area contributed by atoms with E-state index in [1.807, 2.05) is 39.8 Å². The van der Waals surface area contributed by atoms with Gasteiger partial charge in [0.15, 0.2) is 6.61 Å². The Morgan fingerprint density at radius 2 is 1.28 bits per heavy atom. The second kappa shape index (κ2) is 20.5. The third kappa shape index (κ3) is 19.0. The second-order valence-corrected chi connectivity index (χ2v) is 12.4. The number of carbonyl (C=O) groups excluding carboxylic acids is 3. The number of carboxylic acids is 1.